The fourth-order valence-electron chi connectivity index (χ4n) is 2.45. The maximum absolute atomic E-state index is 12.2. The van der Waals surface area contributed by atoms with Crippen LogP contribution in [0.25, 0.3) is 10.8 Å². The number of aromatic nitrogens is 2. The molecule has 0 saturated carbocycles. The third kappa shape index (κ3) is 2.74. The van der Waals surface area contributed by atoms with Gasteiger partial charge in [-0.15, -0.1) is 0 Å². The number of carbonyl (C=O) groups excluding carboxylic acids is 1. The average molecular weight is 293 g/mol. The number of hydrogen-bond donors (Lipinski definition) is 2. The van der Waals surface area contributed by atoms with Crippen molar-refractivity contribution in [3.63, 3.8) is 0 Å². The summed E-state index contributed by atoms with van der Waals surface area (Å²) < 4.78 is 0. The van der Waals surface area contributed by atoms with E-state index in [-0.39, 0.29) is 23.2 Å². The number of aromatic amines is 1. The number of nitrogens with zero attached hydrogens (tertiary/aromatic N) is 1. The van der Waals surface area contributed by atoms with E-state index >= 15 is 0 Å². The fraction of sp³-hybridized carbons (Fsp3) is 0.118. The van der Waals surface area contributed by atoms with Crippen molar-refractivity contribution in [1.82, 2.24) is 15.5 Å². The largest absolute Gasteiger partial charge is 0.344 e. The van der Waals surface area contributed by atoms with E-state index in [0.29, 0.717) is 0 Å². The van der Waals surface area contributed by atoms with Crippen molar-refractivity contribution in [1.29, 1.82) is 0 Å². The number of fused-ring (bicyclic) bond motifs is 1. The molecule has 0 saturated heterocycles. The minimum absolute atomic E-state index is 0.174. The number of amides is 1. The maximum Gasteiger partial charge on any atom is 0.272 e. The lowest BCUT2D eigenvalue weighted by atomic mass is 9.99. The van der Waals surface area contributed by atoms with E-state index in [1.165, 1.54) is 12.1 Å². The summed E-state index contributed by atoms with van der Waals surface area (Å²) in [6.07, 6.45) is 0. The van der Waals surface area contributed by atoms with Gasteiger partial charge < -0.3 is 5.32 Å². The zero-order chi connectivity index (χ0) is 15.5. The number of carbonyl (C=O) groups is 1. The highest BCUT2D eigenvalue weighted by Crippen LogP contribution is 2.24. The van der Waals surface area contributed by atoms with Crippen molar-refractivity contribution in [2.24, 2.45) is 0 Å². The highest BCUT2D eigenvalue weighted by Gasteiger charge is 2.14. The highest BCUT2D eigenvalue weighted by atomic mass is 16.2. The minimum Gasteiger partial charge on any atom is -0.344 e. The summed E-state index contributed by atoms with van der Waals surface area (Å²) in [6.45, 7) is 1.92. The van der Waals surface area contributed by atoms with E-state index in [0.717, 1.165) is 16.3 Å². The summed E-state index contributed by atoms with van der Waals surface area (Å²) in [5.74, 6) is -0.323. The number of nitrogens with one attached hydrogen (secondary N) is 2. The Morgan fingerprint density at radius 2 is 1.86 bits per heavy atom. The van der Waals surface area contributed by atoms with Gasteiger partial charge in [0, 0.05) is 6.07 Å². The van der Waals surface area contributed by atoms with Crippen molar-refractivity contribution >= 4 is 16.7 Å². The maximum atomic E-state index is 12.2. The third-order valence-electron chi connectivity index (χ3n) is 3.55. The summed E-state index contributed by atoms with van der Waals surface area (Å²) in [6, 6.07) is 16.6. The van der Waals surface area contributed by atoms with Crippen molar-refractivity contribution in [2.75, 3.05) is 0 Å². The second kappa shape index (κ2) is 5.81. The molecule has 2 aromatic carbocycles. The second-order valence-electron chi connectivity index (χ2n) is 5.07. The number of H-pyrrole nitrogens is 1. The predicted molar refractivity (Wildman–Crippen MR) is 84.7 cm³/mol. The van der Waals surface area contributed by atoms with Crippen molar-refractivity contribution in [3.05, 3.63) is 76.2 Å². The molecule has 1 aromatic heterocycles. The van der Waals surface area contributed by atoms with Crippen LogP contribution in [0.5, 0.6) is 0 Å². The molecule has 0 aliphatic heterocycles. The summed E-state index contributed by atoms with van der Waals surface area (Å²) in [5, 5.41) is 11.1. The Hall–Kier alpha value is -2.95. The van der Waals surface area contributed by atoms with E-state index in [1.807, 2.05) is 49.4 Å². The van der Waals surface area contributed by atoms with Gasteiger partial charge in [0.2, 0.25) is 0 Å². The van der Waals surface area contributed by atoms with Crippen LogP contribution in [0.3, 0.4) is 0 Å². The second-order valence-corrected chi connectivity index (χ2v) is 5.07. The van der Waals surface area contributed by atoms with Gasteiger partial charge in [-0.1, -0.05) is 42.5 Å². The van der Waals surface area contributed by atoms with Crippen molar-refractivity contribution in [2.45, 2.75) is 13.0 Å². The zero-order valence-corrected chi connectivity index (χ0v) is 12.0. The minimum atomic E-state index is -0.335. The smallest absolute Gasteiger partial charge is 0.272 e. The van der Waals surface area contributed by atoms with E-state index < -0.39 is 0 Å². The molecule has 0 unspecified atom stereocenters. The summed E-state index contributed by atoms with van der Waals surface area (Å²) in [7, 11) is 0. The van der Waals surface area contributed by atoms with Crippen molar-refractivity contribution in [3.8, 4) is 0 Å². The Morgan fingerprint density at radius 3 is 2.64 bits per heavy atom. The summed E-state index contributed by atoms with van der Waals surface area (Å²) in [4.78, 5) is 23.2. The van der Waals surface area contributed by atoms with Crippen LogP contribution in [-0.2, 0) is 0 Å². The molecule has 5 heteroatoms. The van der Waals surface area contributed by atoms with Crippen LogP contribution >= 0.6 is 0 Å². The highest BCUT2D eigenvalue weighted by molar-refractivity contribution is 5.93. The topological polar surface area (TPSA) is 74.8 Å². The molecule has 0 radical (unpaired) electrons. The average Bonchev–Trinajstić information content (AvgIpc) is 2.54. The van der Waals surface area contributed by atoms with Gasteiger partial charge in [-0.3, -0.25) is 9.59 Å². The van der Waals surface area contributed by atoms with Gasteiger partial charge in [-0.25, -0.2) is 5.10 Å². The Labute approximate surface area is 127 Å². The van der Waals surface area contributed by atoms with Crippen LogP contribution in [0.2, 0.25) is 0 Å². The van der Waals surface area contributed by atoms with Gasteiger partial charge >= 0.3 is 0 Å². The van der Waals surface area contributed by atoms with E-state index in [9.17, 15) is 9.59 Å². The van der Waals surface area contributed by atoms with Crippen LogP contribution in [0, 0.1) is 0 Å². The first kappa shape index (κ1) is 14.0. The molecule has 3 aromatic rings. The molecule has 0 aliphatic carbocycles. The van der Waals surface area contributed by atoms with Gasteiger partial charge in [0.15, 0.2) is 0 Å². The zero-order valence-electron chi connectivity index (χ0n) is 12.0. The number of hydrogen-bond acceptors (Lipinski definition) is 3. The Bertz CT molecular complexity index is 860. The first-order valence-corrected chi connectivity index (χ1v) is 6.99. The quantitative estimate of drug-likeness (QED) is 0.778. The Kier molecular flexibility index (Phi) is 3.70. The van der Waals surface area contributed by atoms with Crippen LogP contribution in [0.15, 0.2) is 59.4 Å². The van der Waals surface area contributed by atoms with Gasteiger partial charge in [-0.05, 0) is 29.3 Å². The van der Waals surface area contributed by atoms with Gasteiger partial charge in [0.1, 0.15) is 5.69 Å². The molecule has 5 nitrogen and oxygen atoms in total. The molecule has 0 aliphatic rings. The molecule has 1 atom stereocenters. The fourth-order valence-corrected chi connectivity index (χ4v) is 2.45. The van der Waals surface area contributed by atoms with Crippen LogP contribution in [-0.4, -0.2) is 16.1 Å². The number of benzene rings is 2. The van der Waals surface area contributed by atoms with Crippen molar-refractivity contribution < 1.29 is 4.79 Å². The molecular formula is C17H15N3O2. The van der Waals surface area contributed by atoms with Gasteiger partial charge in [-0.2, -0.15) is 5.10 Å². The Morgan fingerprint density at radius 1 is 1.09 bits per heavy atom. The lowest BCUT2D eigenvalue weighted by Gasteiger charge is -2.16. The molecule has 1 amide bonds. The van der Waals surface area contributed by atoms with Crippen LogP contribution in [0.4, 0.5) is 0 Å². The van der Waals surface area contributed by atoms with Gasteiger partial charge in [0.25, 0.3) is 11.5 Å². The molecule has 22 heavy (non-hydrogen) atoms. The lowest BCUT2D eigenvalue weighted by Crippen LogP contribution is -2.28. The molecule has 0 bridgehead atoms. The monoisotopic (exact) mass is 293 g/mol. The van der Waals surface area contributed by atoms with Crippen LogP contribution in [0.1, 0.15) is 29.0 Å². The first-order chi connectivity index (χ1) is 10.6. The predicted octanol–water partition coefficient (Wildman–Crippen LogP) is 2.41. The molecule has 1 heterocycles. The third-order valence-corrected chi connectivity index (χ3v) is 3.55. The molecule has 3 rings (SSSR count). The molecule has 2 N–H and O–H groups in total. The molecule has 0 spiro atoms. The lowest BCUT2D eigenvalue weighted by molar-refractivity contribution is 0.0934. The normalized spacial score (nSPS) is 12.0. The summed E-state index contributed by atoms with van der Waals surface area (Å²) in [5.41, 5.74) is 0.890. The molecule has 110 valence electrons. The van der Waals surface area contributed by atoms with Crippen LogP contribution < -0.4 is 10.9 Å². The first-order valence-electron chi connectivity index (χ1n) is 6.99. The molecular weight excluding hydrogens is 278 g/mol. The number of rotatable bonds is 3. The summed E-state index contributed by atoms with van der Waals surface area (Å²) >= 11 is 0. The standard InChI is InChI=1S/C17H15N3O2/c1-11(18-17(22)15-9-10-16(21)20-19-15)13-8-4-6-12-5-2-3-7-14(12)13/h2-11H,1H3,(H,18,22)(H,20,21)/t11-/m1/s1. The molecule has 0 fully saturated rings. The van der Waals surface area contributed by atoms with Gasteiger partial charge in [0.05, 0.1) is 6.04 Å². The van der Waals surface area contributed by atoms with E-state index in [4.69, 9.17) is 0 Å². The SMILES string of the molecule is C[C@@H](NC(=O)c1ccc(=O)[nH]n1)c1cccc2ccccc12. The van der Waals surface area contributed by atoms with E-state index in [1.54, 1.807) is 0 Å². The van der Waals surface area contributed by atoms with E-state index in [2.05, 4.69) is 15.5 Å². The Balaban J connectivity index is 1.87.